The average molecular weight is 353 g/mol. The van der Waals surface area contributed by atoms with Crippen molar-refractivity contribution in [3.63, 3.8) is 0 Å². The fraction of sp³-hybridized carbons (Fsp3) is 0.211. The molecule has 3 heteroatoms. The molecule has 1 aliphatic rings. The van der Waals surface area contributed by atoms with Gasteiger partial charge in [0, 0.05) is 23.0 Å². The molecular weight excluding hydrogens is 336 g/mol. The number of hydrogen-bond donors (Lipinski definition) is 0. The van der Waals surface area contributed by atoms with Gasteiger partial charge in [-0.1, -0.05) is 41.1 Å². The van der Waals surface area contributed by atoms with Gasteiger partial charge in [0.15, 0.2) is 0 Å². The van der Waals surface area contributed by atoms with E-state index < -0.39 is 0 Å². The first-order valence-electron chi connectivity index (χ1n) is 7.71. The zero-order valence-corrected chi connectivity index (χ0v) is 14.1. The van der Waals surface area contributed by atoms with Crippen molar-refractivity contribution in [2.24, 2.45) is 0 Å². The van der Waals surface area contributed by atoms with Crippen LogP contribution in [0.1, 0.15) is 30.3 Å². The Morgan fingerprint density at radius 3 is 2.91 bits per heavy atom. The maximum atomic E-state index is 4.90. The molecule has 2 nitrogen and oxygen atoms in total. The van der Waals surface area contributed by atoms with Crippen molar-refractivity contribution in [1.82, 2.24) is 9.55 Å². The highest BCUT2D eigenvalue weighted by Crippen LogP contribution is 2.34. The minimum Gasteiger partial charge on any atom is -0.324 e. The molecule has 1 aliphatic carbocycles. The number of fused-ring (bicyclic) bond motifs is 2. The smallest absolute Gasteiger partial charge is 0.137 e. The molecular formula is C19H17BrN2. The second-order valence-corrected chi connectivity index (χ2v) is 6.68. The summed E-state index contributed by atoms with van der Waals surface area (Å²) in [6.45, 7) is 3.22. The third-order valence-corrected chi connectivity index (χ3v) is 4.70. The maximum Gasteiger partial charge on any atom is 0.137 e. The number of imidazole rings is 1. The van der Waals surface area contributed by atoms with E-state index in [1.54, 1.807) is 0 Å². The highest BCUT2D eigenvalue weighted by molar-refractivity contribution is 9.10. The van der Waals surface area contributed by atoms with Gasteiger partial charge >= 0.3 is 0 Å². The first kappa shape index (κ1) is 13.8. The quantitative estimate of drug-likeness (QED) is 0.624. The molecule has 0 saturated carbocycles. The average Bonchev–Trinajstić information content (AvgIpc) is 3.09. The summed E-state index contributed by atoms with van der Waals surface area (Å²) in [5.41, 5.74) is 6.33. The number of nitrogens with zero attached hydrogens (tertiary/aromatic N) is 2. The summed E-state index contributed by atoms with van der Waals surface area (Å²) < 4.78 is 3.50. The lowest BCUT2D eigenvalue weighted by atomic mass is 10.1. The number of aromatic nitrogens is 2. The van der Waals surface area contributed by atoms with Gasteiger partial charge in [-0.15, -0.1) is 0 Å². The summed E-state index contributed by atoms with van der Waals surface area (Å²) >= 11 is 3.56. The molecule has 2 aromatic carbocycles. The number of para-hydroxylation sites is 2. The van der Waals surface area contributed by atoms with Crippen molar-refractivity contribution >= 4 is 38.6 Å². The summed E-state index contributed by atoms with van der Waals surface area (Å²) in [6.07, 6.45) is 4.36. The molecule has 0 amide bonds. The zero-order chi connectivity index (χ0) is 15.1. The molecule has 0 radical (unpaired) electrons. The molecule has 4 rings (SSSR count). The second-order valence-electron chi connectivity index (χ2n) is 5.77. The summed E-state index contributed by atoms with van der Waals surface area (Å²) in [5.74, 6) is 1.12. The van der Waals surface area contributed by atoms with Crippen molar-refractivity contribution in [2.75, 3.05) is 0 Å². The Labute approximate surface area is 138 Å². The Balaban J connectivity index is 1.84. The number of halogens is 1. The predicted octanol–water partition coefficient (Wildman–Crippen LogP) is 5.31. The van der Waals surface area contributed by atoms with Crippen molar-refractivity contribution in [1.29, 1.82) is 0 Å². The Morgan fingerprint density at radius 1 is 1.18 bits per heavy atom. The van der Waals surface area contributed by atoms with Gasteiger partial charge in [0.25, 0.3) is 0 Å². The zero-order valence-electron chi connectivity index (χ0n) is 12.5. The normalized spacial score (nSPS) is 13.5. The molecule has 3 aromatic rings. The van der Waals surface area contributed by atoms with Crippen LogP contribution in [0, 0.1) is 0 Å². The second kappa shape index (κ2) is 5.40. The van der Waals surface area contributed by atoms with Gasteiger partial charge in [-0.25, -0.2) is 4.98 Å². The Hall–Kier alpha value is -1.87. The number of rotatable bonds is 3. The highest BCUT2D eigenvalue weighted by atomic mass is 79.9. The van der Waals surface area contributed by atoms with Crippen LogP contribution in [0.5, 0.6) is 0 Å². The van der Waals surface area contributed by atoms with Crippen LogP contribution in [-0.4, -0.2) is 9.55 Å². The van der Waals surface area contributed by atoms with E-state index >= 15 is 0 Å². The maximum absolute atomic E-state index is 4.90. The summed E-state index contributed by atoms with van der Waals surface area (Å²) in [5, 5.41) is 0. The van der Waals surface area contributed by atoms with Crippen LogP contribution in [0.4, 0.5) is 0 Å². The van der Waals surface area contributed by atoms with Crippen molar-refractivity contribution in [3.8, 4) is 0 Å². The van der Waals surface area contributed by atoms with Crippen LogP contribution < -0.4 is 0 Å². The molecule has 22 heavy (non-hydrogen) atoms. The summed E-state index contributed by atoms with van der Waals surface area (Å²) in [7, 11) is 0. The van der Waals surface area contributed by atoms with E-state index in [1.165, 1.54) is 22.2 Å². The van der Waals surface area contributed by atoms with Gasteiger partial charge in [0.1, 0.15) is 5.82 Å². The predicted molar refractivity (Wildman–Crippen MR) is 95.7 cm³/mol. The van der Waals surface area contributed by atoms with Crippen LogP contribution in [0.15, 0.2) is 46.9 Å². The molecule has 0 aliphatic heterocycles. The molecule has 0 unspecified atom stereocenters. The first-order valence-corrected chi connectivity index (χ1v) is 8.50. The van der Waals surface area contributed by atoms with Gasteiger partial charge in [0.2, 0.25) is 0 Å². The van der Waals surface area contributed by atoms with Gasteiger partial charge in [0.05, 0.1) is 11.0 Å². The molecule has 0 spiro atoms. The number of hydrogen-bond acceptors (Lipinski definition) is 1. The van der Waals surface area contributed by atoms with Crippen LogP contribution in [-0.2, 0) is 13.0 Å². The van der Waals surface area contributed by atoms with Crippen molar-refractivity contribution in [2.45, 2.75) is 26.3 Å². The molecule has 0 fully saturated rings. The molecule has 110 valence electrons. The Bertz CT molecular complexity index is 890. The van der Waals surface area contributed by atoms with E-state index in [2.05, 4.69) is 76.0 Å². The Morgan fingerprint density at radius 2 is 2.05 bits per heavy atom. The van der Waals surface area contributed by atoms with Crippen molar-refractivity contribution in [3.05, 3.63) is 63.9 Å². The lowest BCUT2D eigenvalue weighted by Crippen LogP contribution is -2.03. The number of benzene rings is 2. The van der Waals surface area contributed by atoms with E-state index in [0.717, 1.165) is 35.2 Å². The minimum absolute atomic E-state index is 0.960. The van der Waals surface area contributed by atoms with E-state index in [-0.39, 0.29) is 0 Å². The fourth-order valence-corrected chi connectivity index (χ4v) is 3.63. The summed E-state index contributed by atoms with van der Waals surface area (Å²) in [6, 6.07) is 14.9. The third-order valence-electron chi connectivity index (χ3n) is 4.20. The molecule has 0 saturated heterocycles. The molecule has 0 bridgehead atoms. The standard InChI is InChI=1S/C19H17BrN2/c1-2-9-22-18-6-4-3-5-17(18)21-19(22)15-10-13-7-8-16(20)12-14(13)11-15/h3-8,10,12H,2,9,11H2,1H3. The van der Waals surface area contributed by atoms with Crippen molar-refractivity contribution < 1.29 is 0 Å². The largest absolute Gasteiger partial charge is 0.324 e. The Kier molecular flexibility index (Phi) is 3.38. The molecule has 0 atom stereocenters. The lowest BCUT2D eigenvalue weighted by molar-refractivity contribution is 0.687. The SMILES string of the molecule is CCCn1c(C2=Cc3ccc(Br)cc3C2)nc2ccccc21. The number of allylic oxidation sites excluding steroid dienone is 1. The van der Waals surface area contributed by atoms with E-state index in [9.17, 15) is 0 Å². The molecule has 0 N–H and O–H groups in total. The minimum atomic E-state index is 0.960. The molecule has 1 heterocycles. The first-order chi connectivity index (χ1) is 10.8. The van der Waals surface area contributed by atoms with Gasteiger partial charge < -0.3 is 4.57 Å². The monoisotopic (exact) mass is 352 g/mol. The van der Waals surface area contributed by atoms with Crippen LogP contribution in [0.25, 0.3) is 22.7 Å². The summed E-state index contributed by atoms with van der Waals surface area (Å²) in [4.78, 5) is 4.90. The van der Waals surface area contributed by atoms with Gasteiger partial charge in [-0.3, -0.25) is 0 Å². The lowest BCUT2D eigenvalue weighted by Gasteiger charge is -2.08. The number of aryl methyl sites for hydroxylation is 1. The van der Waals surface area contributed by atoms with Gasteiger partial charge in [-0.05, 0) is 47.9 Å². The fourth-order valence-electron chi connectivity index (χ4n) is 3.23. The van der Waals surface area contributed by atoms with Crippen LogP contribution >= 0.6 is 15.9 Å². The topological polar surface area (TPSA) is 17.8 Å². The van der Waals surface area contributed by atoms with E-state index in [4.69, 9.17) is 4.98 Å². The van der Waals surface area contributed by atoms with Gasteiger partial charge in [-0.2, -0.15) is 0 Å². The highest BCUT2D eigenvalue weighted by Gasteiger charge is 2.20. The van der Waals surface area contributed by atoms with Crippen LogP contribution in [0.2, 0.25) is 0 Å². The van der Waals surface area contributed by atoms with E-state index in [1.807, 2.05) is 0 Å². The third kappa shape index (κ3) is 2.20. The molecule has 1 aromatic heterocycles. The van der Waals surface area contributed by atoms with E-state index in [0.29, 0.717) is 0 Å². The van der Waals surface area contributed by atoms with Crippen LogP contribution in [0.3, 0.4) is 0 Å².